The maximum atomic E-state index is 6.20. The molecule has 0 bridgehead atoms. The Morgan fingerprint density at radius 1 is 0.656 bits per heavy atom. The fourth-order valence-corrected chi connectivity index (χ4v) is 4.03. The molecule has 4 rings (SSSR count). The maximum absolute atomic E-state index is 6.20. The van der Waals surface area contributed by atoms with Crippen LogP contribution in [0.25, 0.3) is 0 Å². The highest BCUT2D eigenvalue weighted by Gasteiger charge is 2.25. The van der Waals surface area contributed by atoms with Gasteiger partial charge in [0.1, 0.15) is 5.75 Å². The molecule has 0 spiro atoms. The predicted octanol–water partition coefficient (Wildman–Crippen LogP) is 8.12. The first-order chi connectivity index (χ1) is 15.6. The summed E-state index contributed by atoms with van der Waals surface area (Å²) in [6.45, 7) is 0. The zero-order valence-electron chi connectivity index (χ0n) is 17.6. The van der Waals surface area contributed by atoms with E-state index < -0.39 is 0 Å². The van der Waals surface area contributed by atoms with Crippen LogP contribution in [0.2, 0.25) is 5.02 Å². The van der Waals surface area contributed by atoms with Crippen LogP contribution in [0.4, 0.5) is 11.4 Å². The minimum absolute atomic E-state index is 0.0411. The summed E-state index contributed by atoms with van der Waals surface area (Å²) in [5.41, 5.74) is 4.35. The van der Waals surface area contributed by atoms with E-state index in [1.807, 2.05) is 54.6 Å². The Labute approximate surface area is 202 Å². The molecule has 0 aliphatic heterocycles. The van der Waals surface area contributed by atoms with Crippen molar-refractivity contribution in [2.24, 2.45) is 0 Å². The molecule has 0 aromatic heterocycles. The highest BCUT2D eigenvalue weighted by molar-refractivity contribution is 9.10. The Morgan fingerprint density at radius 2 is 1.16 bits per heavy atom. The predicted molar refractivity (Wildman–Crippen MR) is 138 cm³/mol. The van der Waals surface area contributed by atoms with Crippen molar-refractivity contribution in [3.8, 4) is 5.75 Å². The van der Waals surface area contributed by atoms with Crippen molar-refractivity contribution in [2.45, 2.75) is 12.1 Å². The number of benzene rings is 4. The van der Waals surface area contributed by atoms with E-state index in [4.69, 9.17) is 16.3 Å². The van der Waals surface area contributed by atoms with E-state index in [0.29, 0.717) is 5.02 Å². The highest BCUT2D eigenvalue weighted by Crippen LogP contribution is 2.36. The number of ether oxygens (including phenoxy) is 1. The number of methoxy groups -OCH3 is 1. The summed E-state index contributed by atoms with van der Waals surface area (Å²) in [6, 6.07) is 34.6. The normalized spacial score (nSPS) is 12.6. The van der Waals surface area contributed by atoms with Gasteiger partial charge in [-0.15, -0.1) is 0 Å². The van der Waals surface area contributed by atoms with E-state index in [1.54, 1.807) is 7.11 Å². The SMILES string of the molecule is COc1ccc(N[C@H](c2ccc(Cl)cc2)[C@H](Nc2ccc(Br)cc2)c2ccccc2)cc1. The molecule has 4 aromatic rings. The Hall–Kier alpha value is -2.95. The van der Waals surface area contributed by atoms with Gasteiger partial charge in [0.2, 0.25) is 0 Å². The average molecular weight is 508 g/mol. The molecule has 0 amide bonds. The quantitative estimate of drug-likeness (QED) is 0.253. The summed E-state index contributed by atoms with van der Waals surface area (Å²) in [5.74, 6) is 0.825. The van der Waals surface area contributed by atoms with Crippen LogP contribution in [0.15, 0.2) is 108 Å². The largest absolute Gasteiger partial charge is 0.497 e. The zero-order valence-corrected chi connectivity index (χ0v) is 20.0. The Morgan fingerprint density at radius 3 is 1.69 bits per heavy atom. The van der Waals surface area contributed by atoms with Gasteiger partial charge in [-0.25, -0.2) is 0 Å². The lowest BCUT2D eigenvalue weighted by atomic mass is 9.92. The van der Waals surface area contributed by atoms with Crippen molar-refractivity contribution in [2.75, 3.05) is 17.7 Å². The first-order valence-electron chi connectivity index (χ1n) is 10.4. The van der Waals surface area contributed by atoms with E-state index in [0.717, 1.165) is 27.2 Å². The van der Waals surface area contributed by atoms with Crippen molar-refractivity contribution in [3.05, 3.63) is 124 Å². The molecule has 0 heterocycles. The second-order valence-electron chi connectivity index (χ2n) is 7.44. The van der Waals surface area contributed by atoms with Gasteiger partial charge in [-0.05, 0) is 71.8 Å². The fraction of sp³-hybridized carbons (Fsp3) is 0.111. The molecule has 2 N–H and O–H groups in total. The third kappa shape index (κ3) is 5.64. The van der Waals surface area contributed by atoms with Crippen LogP contribution < -0.4 is 15.4 Å². The van der Waals surface area contributed by atoms with Crippen molar-refractivity contribution >= 4 is 38.9 Å². The first-order valence-corrected chi connectivity index (χ1v) is 11.5. The van der Waals surface area contributed by atoms with Crippen molar-refractivity contribution in [1.29, 1.82) is 0 Å². The van der Waals surface area contributed by atoms with Gasteiger partial charge in [0.15, 0.2) is 0 Å². The standard InChI is InChI=1S/C27H24BrClN2O/c1-32-25-17-15-24(16-18-25)31-27(20-7-11-22(29)12-8-20)26(19-5-3-2-4-6-19)30-23-13-9-21(28)10-14-23/h2-18,26-27,30-31H,1H3/t26-,27-/m1/s1. The topological polar surface area (TPSA) is 33.3 Å². The van der Waals surface area contributed by atoms with Gasteiger partial charge in [-0.2, -0.15) is 0 Å². The summed E-state index contributed by atoms with van der Waals surface area (Å²) in [6.07, 6.45) is 0. The van der Waals surface area contributed by atoms with Gasteiger partial charge in [-0.3, -0.25) is 0 Å². The number of halogens is 2. The number of hydrogen-bond donors (Lipinski definition) is 2. The number of nitrogens with one attached hydrogen (secondary N) is 2. The monoisotopic (exact) mass is 506 g/mol. The average Bonchev–Trinajstić information content (AvgIpc) is 2.84. The van der Waals surface area contributed by atoms with Crippen LogP contribution >= 0.6 is 27.5 Å². The van der Waals surface area contributed by atoms with Crippen LogP contribution in [0, 0.1) is 0 Å². The lowest BCUT2D eigenvalue weighted by Crippen LogP contribution is -2.25. The van der Waals surface area contributed by atoms with Crippen LogP contribution in [-0.4, -0.2) is 7.11 Å². The molecule has 162 valence electrons. The smallest absolute Gasteiger partial charge is 0.119 e. The fourth-order valence-electron chi connectivity index (χ4n) is 3.64. The van der Waals surface area contributed by atoms with Gasteiger partial charge in [-0.1, -0.05) is 70.0 Å². The molecule has 0 saturated heterocycles. The molecule has 3 nitrogen and oxygen atoms in total. The van der Waals surface area contributed by atoms with E-state index in [-0.39, 0.29) is 12.1 Å². The lowest BCUT2D eigenvalue weighted by molar-refractivity contribution is 0.415. The van der Waals surface area contributed by atoms with Crippen molar-refractivity contribution in [1.82, 2.24) is 0 Å². The molecule has 0 unspecified atom stereocenters. The van der Waals surface area contributed by atoms with E-state index in [9.17, 15) is 0 Å². The summed E-state index contributed by atoms with van der Waals surface area (Å²) in [5, 5.41) is 8.18. The third-order valence-corrected chi connectivity index (χ3v) is 6.08. The van der Waals surface area contributed by atoms with Crippen LogP contribution in [0.5, 0.6) is 5.75 Å². The highest BCUT2D eigenvalue weighted by atomic mass is 79.9. The molecule has 5 heteroatoms. The van der Waals surface area contributed by atoms with Gasteiger partial charge >= 0.3 is 0 Å². The third-order valence-electron chi connectivity index (χ3n) is 5.30. The minimum atomic E-state index is -0.0632. The van der Waals surface area contributed by atoms with Gasteiger partial charge in [0.05, 0.1) is 19.2 Å². The van der Waals surface area contributed by atoms with Gasteiger partial charge < -0.3 is 15.4 Å². The van der Waals surface area contributed by atoms with Gasteiger partial charge in [0, 0.05) is 20.9 Å². The molecule has 4 aromatic carbocycles. The molecule has 2 atom stereocenters. The molecule has 0 radical (unpaired) electrons. The molecule has 0 aliphatic rings. The number of anilines is 2. The molecular weight excluding hydrogens is 484 g/mol. The van der Waals surface area contributed by atoms with E-state index in [1.165, 1.54) is 5.56 Å². The lowest BCUT2D eigenvalue weighted by Gasteiger charge is -2.31. The molecule has 0 fully saturated rings. The number of hydrogen-bond acceptors (Lipinski definition) is 3. The van der Waals surface area contributed by atoms with Crippen LogP contribution in [0.3, 0.4) is 0 Å². The second-order valence-corrected chi connectivity index (χ2v) is 8.79. The van der Waals surface area contributed by atoms with Crippen molar-refractivity contribution in [3.63, 3.8) is 0 Å². The number of rotatable bonds is 8. The summed E-state index contributed by atoms with van der Waals surface area (Å²) in [4.78, 5) is 0. The second kappa shape index (κ2) is 10.6. The molecule has 0 aliphatic carbocycles. The van der Waals surface area contributed by atoms with Crippen molar-refractivity contribution < 1.29 is 4.74 Å². The zero-order chi connectivity index (χ0) is 22.3. The molecular formula is C27H24BrClN2O. The Bertz CT molecular complexity index is 1120. The summed E-state index contributed by atoms with van der Waals surface area (Å²) >= 11 is 9.72. The Balaban J connectivity index is 1.75. The maximum Gasteiger partial charge on any atom is 0.119 e. The van der Waals surface area contributed by atoms with Gasteiger partial charge in [0.25, 0.3) is 0 Å². The molecule has 32 heavy (non-hydrogen) atoms. The molecule has 0 saturated carbocycles. The van der Waals surface area contributed by atoms with Crippen LogP contribution in [0.1, 0.15) is 23.2 Å². The summed E-state index contributed by atoms with van der Waals surface area (Å²) in [7, 11) is 1.67. The minimum Gasteiger partial charge on any atom is -0.497 e. The summed E-state index contributed by atoms with van der Waals surface area (Å²) < 4.78 is 6.36. The van der Waals surface area contributed by atoms with E-state index >= 15 is 0 Å². The van der Waals surface area contributed by atoms with E-state index in [2.05, 4.69) is 75.1 Å². The Kier molecular flexibility index (Phi) is 7.35. The first kappa shape index (κ1) is 22.3. The van der Waals surface area contributed by atoms with Crippen LogP contribution in [-0.2, 0) is 0 Å².